The summed E-state index contributed by atoms with van der Waals surface area (Å²) in [5.41, 5.74) is 11.5. The third-order valence-corrected chi connectivity index (χ3v) is 2.70. The number of nitrogens with two attached hydrogens (primary N) is 2. The van der Waals surface area contributed by atoms with Crippen LogP contribution in [0.3, 0.4) is 0 Å². The summed E-state index contributed by atoms with van der Waals surface area (Å²) in [6.45, 7) is 9.25. The van der Waals surface area contributed by atoms with Crippen molar-refractivity contribution in [2.45, 2.75) is 33.7 Å². The Morgan fingerprint density at radius 1 is 1.31 bits per heavy atom. The zero-order valence-electron chi connectivity index (χ0n) is 8.98. The van der Waals surface area contributed by atoms with Crippen molar-refractivity contribution < 1.29 is 15.1 Å². The van der Waals surface area contributed by atoms with Crippen molar-refractivity contribution >= 4 is 19.4 Å². The molecule has 0 saturated heterocycles. The van der Waals surface area contributed by atoms with E-state index in [1.807, 2.05) is 0 Å². The number of halogens is 2. The summed E-state index contributed by atoms with van der Waals surface area (Å²) in [6.07, 6.45) is 0. The van der Waals surface area contributed by atoms with Crippen molar-refractivity contribution in [1.29, 1.82) is 0 Å². The normalized spacial score (nSPS) is 13.0. The number of hydrogen-bond acceptors (Lipinski definition) is 2. The van der Waals surface area contributed by atoms with Crippen molar-refractivity contribution in [3.8, 4) is 0 Å². The van der Waals surface area contributed by atoms with Crippen LogP contribution in [0.4, 0.5) is 0 Å². The maximum absolute atomic E-state index is 5.83. The second-order valence-electron chi connectivity index (χ2n) is 3.92. The van der Waals surface area contributed by atoms with Gasteiger partial charge in [0.15, 0.2) is 0 Å². The Bertz CT molecular complexity index is 121. The van der Waals surface area contributed by atoms with Crippen LogP contribution in [0.2, 0.25) is 0 Å². The van der Waals surface area contributed by atoms with E-state index in [9.17, 15) is 0 Å². The fraction of sp³-hybridized carbons (Fsp3) is 1.00. The maximum atomic E-state index is 5.83. The number of hydrogen-bond donors (Lipinski definition) is 2. The van der Waals surface area contributed by atoms with E-state index >= 15 is 0 Å². The van der Waals surface area contributed by atoms with Gasteiger partial charge in [-0.25, -0.2) is 0 Å². The van der Waals surface area contributed by atoms with Gasteiger partial charge in [0, 0.05) is 12.6 Å². The van der Waals surface area contributed by atoms with Crippen LogP contribution in [-0.4, -0.2) is 12.6 Å². The molecule has 0 rings (SSSR count). The molecule has 0 aliphatic heterocycles. The van der Waals surface area contributed by atoms with Gasteiger partial charge in [-0.3, -0.25) is 0 Å². The Morgan fingerprint density at radius 3 is 1.69 bits per heavy atom. The van der Waals surface area contributed by atoms with Crippen molar-refractivity contribution in [3.63, 3.8) is 0 Å². The van der Waals surface area contributed by atoms with Gasteiger partial charge in [-0.15, -0.1) is 0 Å². The fourth-order valence-electron chi connectivity index (χ4n) is 0.732. The predicted octanol–water partition coefficient (Wildman–Crippen LogP) is 2.33. The fourth-order valence-corrected chi connectivity index (χ4v) is 0.732. The van der Waals surface area contributed by atoms with Crippen LogP contribution < -0.4 is 11.5 Å². The van der Waals surface area contributed by atoms with Crippen molar-refractivity contribution in [2.24, 2.45) is 22.8 Å². The zero-order chi connectivity index (χ0) is 11.1. The van der Waals surface area contributed by atoms with Crippen LogP contribution in [-0.2, 0) is 15.1 Å². The topological polar surface area (TPSA) is 52.0 Å². The van der Waals surface area contributed by atoms with E-state index in [0.717, 1.165) is 0 Å². The first-order valence-electron chi connectivity index (χ1n) is 4.42. The van der Waals surface area contributed by atoms with Gasteiger partial charge in [-0.1, -0.05) is 27.7 Å². The molecular weight excluding hydrogens is 260 g/mol. The molecule has 13 heavy (non-hydrogen) atoms. The van der Waals surface area contributed by atoms with E-state index in [1.54, 1.807) is 0 Å². The van der Waals surface area contributed by atoms with Gasteiger partial charge in [-0.2, -0.15) is 0 Å². The summed E-state index contributed by atoms with van der Waals surface area (Å²) in [4.78, 5) is 0. The van der Waals surface area contributed by atoms with E-state index < -0.39 is 15.1 Å². The van der Waals surface area contributed by atoms with Gasteiger partial charge < -0.3 is 11.5 Å². The molecule has 0 aliphatic rings. The first kappa shape index (κ1) is 16.5. The molecule has 2 nitrogen and oxygen atoms in total. The molecule has 0 fully saturated rings. The molecule has 0 amide bonds. The second-order valence-corrected chi connectivity index (χ2v) is 8.54. The molecule has 1 atom stereocenters. The first-order chi connectivity index (χ1) is 5.84. The molecule has 0 heterocycles. The molecule has 0 saturated carbocycles. The molecule has 0 bridgehead atoms. The van der Waals surface area contributed by atoms with E-state index in [1.165, 1.54) is 0 Å². The number of rotatable bonds is 3. The average molecular weight is 281 g/mol. The van der Waals surface area contributed by atoms with Crippen LogP contribution in [0.1, 0.15) is 27.7 Å². The van der Waals surface area contributed by atoms with E-state index in [2.05, 4.69) is 27.7 Å². The van der Waals surface area contributed by atoms with Crippen LogP contribution in [0.25, 0.3) is 0 Å². The molecule has 1 unspecified atom stereocenters. The molecule has 78 valence electrons. The van der Waals surface area contributed by atoms with Gasteiger partial charge >= 0.3 is 34.5 Å². The molecule has 0 aromatic heterocycles. The molecule has 4 N–H and O–H groups in total. The summed E-state index contributed by atoms with van der Waals surface area (Å²) in [5.74, 6) is 0.589. The Balaban J connectivity index is 0. The molecule has 5 heteroatoms. The molecular formula is C8H20Cl2N2Zn. The van der Waals surface area contributed by atoms with Crippen LogP contribution in [0, 0.1) is 11.3 Å². The quantitative estimate of drug-likeness (QED) is 0.780. The van der Waals surface area contributed by atoms with E-state index in [-0.39, 0.29) is 11.5 Å². The minimum atomic E-state index is -0.931. The monoisotopic (exact) mass is 278 g/mol. The third kappa shape index (κ3) is 7.10. The average Bonchev–Trinajstić information content (AvgIpc) is 2.04. The van der Waals surface area contributed by atoms with Crippen LogP contribution >= 0.6 is 19.4 Å². The summed E-state index contributed by atoms with van der Waals surface area (Å²) < 4.78 is 0. The first-order valence-corrected chi connectivity index (χ1v) is 12.2. The summed E-state index contributed by atoms with van der Waals surface area (Å²) in [5, 5.41) is 0. The van der Waals surface area contributed by atoms with Gasteiger partial charge in [0.05, 0.1) is 0 Å². The minimum absolute atomic E-state index is 0.118. The Kier molecular flexibility index (Phi) is 10.7. The van der Waals surface area contributed by atoms with Gasteiger partial charge in [0.2, 0.25) is 0 Å². The molecule has 0 radical (unpaired) electrons. The Morgan fingerprint density at radius 2 is 1.62 bits per heavy atom. The van der Waals surface area contributed by atoms with Crippen LogP contribution in [0.15, 0.2) is 0 Å². The van der Waals surface area contributed by atoms with Crippen molar-refractivity contribution in [1.82, 2.24) is 0 Å². The summed E-state index contributed by atoms with van der Waals surface area (Å²) >= 11 is -0.931. The summed E-state index contributed by atoms with van der Waals surface area (Å²) in [6, 6.07) is 0.118. The summed E-state index contributed by atoms with van der Waals surface area (Å²) in [7, 11) is 9.90. The Hall–Kier alpha value is 1.12. The van der Waals surface area contributed by atoms with E-state index in [4.69, 9.17) is 30.8 Å². The predicted molar refractivity (Wildman–Crippen MR) is 57.4 cm³/mol. The van der Waals surface area contributed by atoms with Gasteiger partial charge in [0.1, 0.15) is 0 Å². The van der Waals surface area contributed by atoms with Crippen molar-refractivity contribution in [2.75, 3.05) is 6.54 Å². The van der Waals surface area contributed by atoms with Gasteiger partial charge in [0.25, 0.3) is 0 Å². The molecule has 0 spiro atoms. The third-order valence-electron chi connectivity index (χ3n) is 2.70. The van der Waals surface area contributed by atoms with E-state index in [0.29, 0.717) is 12.5 Å². The van der Waals surface area contributed by atoms with Crippen LogP contribution in [0.5, 0.6) is 0 Å². The standard InChI is InChI=1S/C8H20N2.2ClH.Zn/c1-6(2)8(3,4)7(10)5-9;;;/h6-7H,5,9-10H2,1-4H3;2*1H;/q;;;+2/p-2. The second kappa shape index (κ2) is 8.43. The zero-order valence-corrected chi connectivity index (χ0v) is 13.5. The molecule has 0 aliphatic carbocycles. The van der Waals surface area contributed by atoms with Gasteiger partial charge in [-0.05, 0) is 11.3 Å². The molecule has 0 aromatic rings. The van der Waals surface area contributed by atoms with Crippen molar-refractivity contribution in [3.05, 3.63) is 0 Å². The SMILES string of the molecule is CC(C)C(C)(C)C(N)CN.[Cl][Zn][Cl]. The Labute approximate surface area is 97.4 Å². The molecule has 0 aromatic carbocycles.